The molecule has 1 saturated carbocycles. The van der Waals surface area contributed by atoms with Crippen molar-refractivity contribution in [3.63, 3.8) is 0 Å². The second-order valence-corrected chi connectivity index (χ2v) is 7.56. The van der Waals surface area contributed by atoms with Crippen LogP contribution in [0.15, 0.2) is 30.3 Å². The van der Waals surface area contributed by atoms with Crippen molar-refractivity contribution >= 4 is 17.8 Å². The van der Waals surface area contributed by atoms with Gasteiger partial charge < -0.3 is 0 Å². The highest BCUT2D eigenvalue weighted by atomic mass is 16.2. The number of barbiturate groups is 1. The fourth-order valence-electron chi connectivity index (χ4n) is 5.89. The molecule has 3 heterocycles. The lowest BCUT2D eigenvalue weighted by Gasteiger charge is -2.43. The molecule has 0 radical (unpaired) electrons. The number of piperidine rings is 1. The van der Waals surface area contributed by atoms with Gasteiger partial charge in [0.1, 0.15) is 0 Å². The first-order valence-corrected chi connectivity index (χ1v) is 8.51. The number of fused-ring (bicyclic) bond motifs is 5. The van der Waals surface area contributed by atoms with Gasteiger partial charge in [-0.25, -0.2) is 4.79 Å². The van der Waals surface area contributed by atoms with Crippen LogP contribution in [0, 0.1) is 11.8 Å². The third-order valence-electron chi connectivity index (χ3n) is 6.75. The van der Waals surface area contributed by atoms with E-state index < -0.39 is 23.4 Å². The fourth-order valence-corrected chi connectivity index (χ4v) is 5.89. The lowest BCUT2D eigenvalue weighted by atomic mass is 9.80. The van der Waals surface area contributed by atoms with Crippen LogP contribution < -0.4 is 10.6 Å². The lowest BCUT2D eigenvalue weighted by Crippen LogP contribution is -2.74. The molecule has 1 spiro atoms. The highest BCUT2D eigenvalue weighted by molar-refractivity contribution is 6.23. The number of imide groups is 2. The number of benzene rings is 1. The molecule has 6 heteroatoms. The van der Waals surface area contributed by atoms with Crippen molar-refractivity contribution in [3.05, 3.63) is 35.9 Å². The maximum atomic E-state index is 12.9. The summed E-state index contributed by atoms with van der Waals surface area (Å²) in [6.45, 7) is 2.89. The summed E-state index contributed by atoms with van der Waals surface area (Å²) in [6, 6.07) is 9.64. The van der Waals surface area contributed by atoms with Crippen LogP contribution in [0.3, 0.4) is 0 Å². The second kappa shape index (κ2) is 4.25. The van der Waals surface area contributed by atoms with Crippen LogP contribution in [0.1, 0.15) is 25.3 Å². The normalized spacial score (nSPS) is 39.4. The highest BCUT2D eigenvalue weighted by Crippen LogP contribution is 2.73. The van der Waals surface area contributed by atoms with Gasteiger partial charge in [0.2, 0.25) is 0 Å². The minimum absolute atomic E-state index is 0.0919. The predicted molar refractivity (Wildman–Crippen MR) is 84.9 cm³/mol. The minimum Gasteiger partial charge on any atom is -0.278 e. The third-order valence-corrected chi connectivity index (χ3v) is 6.75. The molecular formula is C18H19N3O3. The molecule has 6 nitrogen and oxygen atoms in total. The van der Waals surface area contributed by atoms with Gasteiger partial charge in [-0.1, -0.05) is 37.3 Å². The van der Waals surface area contributed by atoms with Gasteiger partial charge >= 0.3 is 6.03 Å². The predicted octanol–water partition coefficient (Wildman–Crippen LogP) is 0.773. The van der Waals surface area contributed by atoms with Gasteiger partial charge in [0.15, 0.2) is 5.54 Å². The van der Waals surface area contributed by atoms with Crippen molar-refractivity contribution in [2.45, 2.75) is 36.8 Å². The Balaban J connectivity index is 1.67. The van der Waals surface area contributed by atoms with E-state index in [1.54, 1.807) is 0 Å². The molecule has 0 aromatic heterocycles. The molecule has 1 aliphatic carbocycles. The van der Waals surface area contributed by atoms with E-state index in [1.807, 2.05) is 18.2 Å². The van der Waals surface area contributed by atoms with Crippen molar-refractivity contribution < 1.29 is 14.4 Å². The Morgan fingerprint density at radius 3 is 2.42 bits per heavy atom. The molecule has 1 aromatic carbocycles. The molecule has 2 N–H and O–H groups in total. The first-order valence-electron chi connectivity index (χ1n) is 8.51. The van der Waals surface area contributed by atoms with Gasteiger partial charge in [-0.3, -0.25) is 25.1 Å². The molecule has 1 unspecified atom stereocenters. The summed E-state index contributed by atoms with van der Waals surface area (Å²) in [7, 11) is 0. The van der Waals surface area contributed by atoms with Crippen LogP contribution in [-0.4, -0.2) is 40.9 Å². The Morgan fingerprint density at radius 2 is 1.75 bits per heavy atom. The van der Waals surface area contributed by atoms with Crippen LogP contribution in [0.5, 0.6) is 0 Å². The summed E-state index contributed by atoms with van der Waals surface area (Å²) in [5.74, 6) is -0.719. The molecule has 0 bridgehead atoms. The number of amides is 4. The van der Waals surface area contributed by atoms with Gasteiger partial charge in [0, 0.05) is 23.9 Å². The molecule has 3 aliphatic heterocycles. The van der Waals surface area contributed by atoms with E-state index in [0.717, 1.165) is 19.4 Å². The number of carbonyl (C=O) groups excluding carboxylic acids is 3. The number of hydrogen-bond acceptors (Lipinski definition) is 4. The molecule has 24 heavy (non-hydrogen) atoms. The Labute approximate surface area is 139 Å². The van der Waals surface area contributed by atoms with Crippen LogP contribution >= 0.6 is 0 Å². The van der Waals surface area contributed by atoms with Gasteiger partial charge in [-0.05, 0) is 24.3 Å². The average Bonchev–Trinajstić information content (AvgIpc) is 2.89. The Kier molecular flexibility index (Phi) is 2.51. The summed E-state index contributed by atoms with van der Waals surface area (Å²) >= 11 is 0. The molecule has 4 aliphatic rings. The second-order valence-electron chi connectivity index (χ2n) is 7.56. The maximum absolute atomic E-state index is 12.9. The molecule has 3 saturated heterocycles. The zero-order chi connectivity index (χ0) is 16.7. The van der Waals surface area contributed by atoms with Crippen molar-refractivity contribution in [2.24, 2.45) is 11.8 Å². The first kappa shape index (κ1) is 14.2. The van der Waals surface area contributed by atoms with E-state index in [1.165, 1.54) is 5.56 Å². The van der Waals surface area contributed by atoms with Gasteiger partial charge in [-0.15, -0.1) is 0 Å². The standard InChI is InChI=1S/C18H19N3O3/c1-17(10-6-3-2-4-7-10)12-11-8-5-9-21(11)18(13(12)17)14(22)19-16(24)20-15(18)23/h2-4,6-7,11-13H,5,8-9H2,1H3,(H2,19,20,22,23,24)/t11-,12+,13-,17?/m1/s1. The summed E-state index contributed by atoms with van der Waals surface area (Å²) in [6.07, 6.45) is 1.98. The molecule has 124 valence electrons. The van der Waals surface area contributed by atoms with E-state index in [0.29, 0.717) is 0 Å². The molecule has 1 aromatic rings. The molecule has 4 fully saturated rings. The maximum Gasteiger partial charge on any atom is 0.328 e. The van der Waals surface area contributed by atoms with Crippen LogP contribution in [0.2, 0.25) is 0 Å². The smallest absolute Gasteiger partial charge is 0.278 e. The largest absolute Gasteiger partial charge is 0.328 e. The van der Waals surface area contributed by atoms with Crippen LogP contribution in [-0.2, 0) is 15.0 Å². The Morgan fingerprint density at radius 1 is 1.08 bits per heavy atom. The van der Waals surface area contributed by atoms with Gasteiger partial charge in [-0.2, -0.15) is 0 Å². The number of nitrogens with zero attached hydrogens (tertiary/aromatic N) is 1. The number of urea groups is 1. The Bertz CT molecular complexity index is 757. The number of carbonyl (C=O) groups is 3. The van der Waals surface area contributed by atoms with Gasteiger partial charge in [0.25, 0.3) is 11.8 Å². The fraction of sp³-hybridized carbons (Fsp3) is 0.500. The highest BCUT2D eigenvalue weighted by Gasteiger charge is 2.84. The first-order chi connectivity index (χ1) is 11.5. The molecule has 4 atom stereocenters. The SMILES string of the molecule is CC1(c2ccccc2)[C@H]2[C@H]3CCCN3C3(C(=O)NC(=O)NC3=O)[C@H]21. The Hall–Kier alpha value is -2.21. The minimum atomic E-state index is -1.25. The third kappa shape index (κ3) is 1.36. The van der Waals surface area contributed by atoms with E-state index in [4.69, 9.17) is 0 Å². The number of rotatable bonds is 1. The topological polar surface area (TPSA) is 78.5 Å². The molecule has 4 amide bonds. The van der Waals surface area contributed by atoms with E-state index >= 15 is 0 Å². The van der Waals surface area contributed by atoms with E-state index in [9.17, 15) is 14.4 Å². The summed E-state index contributed by atoms with van der Waals surface area (Å²) in [4.78, 5) is 39.5. The number of hydrogen-bond donors (Lipinski definition) is 2. The van der Waals surface area contributed by atoms with Crippen molar-refractivity contribution in [2.75, 3.05) is 6.54 Å². The summed E-state index contributed by atoms with van der Waals surface area (Å²) in [5.41, 5.74) is -0.282. The average molecular weight is 325 g/mol. The van der Waals surface area contributed by atoms with Crippen LogP contribution in [0.4, 0.5) is 4.79 Å². The number of nitrogens with one attached hydrogen (secondary N) is 2. The van der Waals surface area contributed by atoms with Crippen molar-refractivity contribution in [1.29, 1.82) is 0 Å². The zero-order valence-corrected chi connectivity index (χ0v) is 13.4. The summed E-state index contributed by atoms with van der Waals surface area (Å²) < 4.78 is 0. The van der Waals surface area contributed by atoms with E-state index in [-0.39, 0.29) is 23.3 Å². The van der Waals surface area contributed by atoms with Crippen molar-refractivity contribution in [1.82, 2.24) is 15.5 Å². The molecular weight excluding hydrogens is 306 g/mol. The monoisotopic (exact) mass is 325 g/mol. The zero-order valence-electron chi connectivity index (χ0n) is 13.4. The van der Waals surface area contributed by atoms with Gasteiger partial charge in [0.05, 0.1) is 0 Å². The van der Waals surface area contributed by atoms with Crippen LogP contribution in [0.25, 0.3) is 0 Å². The van der Waals surface area contributed by atoms with E-state index in [2.05, 4.69) is 34.6 Å². The quantitative estimate of drug-likeness (QED) is 0.748. The lowest BCUT2D eigenvalue weighted by molar-refractivity contribution is -0.148. The molecule has 5 rings (SSSR count). The summed E-state index contributed by atoms with van der Waals surface area (Å²) in [5, 5.41) is 4.70. The van der Waals surface area contributed by atoms with Crippen molar-refractivity contribution in [3.8, 4) is 0 Å².